The van der Waals surface area contributed by atoms with Gasteiger partial charge in [-0.1, -0.05) is 43.5 Å². The van der Waals surface area contributed by atoms with Crippen molar-refractivity contribution in [1.29, 1.82) is 0 Å². The number of rotatable bonds is 6. The Balaban J connectivity index is 1.41. The Kier molecular flexibility index (Phi) is 6.46. The molecule has 4 aromatic rings. The van der Waals surface area contributed by atoms with Crippen LogP contribution in [0.15, 0.2) is 96.8 Å². The number of aryl methyl sites for hydroxylation is 1. The number of anilines is 1. The van der Waals surface area contributed by atoms with Gasteiger partial charge in [-0.3, -0.25) is 0 Å². The van der Waals surface area contributed by atoms with Gasteiger partial charge in [0.25, 0.3) is 0 Å². The van der Waals surface area contributed by atoms with Crippen molar-refractivity contribution in [1.82, 2.24) is 15.0 Å². The molecule has 1 aliphatic heterocycles. The molecule has 0 saturated carbocycles. The number of ether oxygens (including phenoxy) is 1. The minimum atomic E-state index is -0.510. The highest BCUT2D eigenvalue weighted by Crippen LogP contribution is 2.44. The third-order valence-corrected chi connectivity index (χ3v) is 7.10. The molecule has 37 heavy (non-hydrogen) atoms. The number of nitrogens with zero attached hydrogens (tertiary/aromatic N) is 4. The molecular formula is C32H34N4O. The summed E-state index contributed by atoms with van der Waals surface area (Å²) in [6.45, 7) is 19.2. The molecule has 1 aliphatic rings. The van der Waals surface area contributed by atoms with Crippen molar-refractivity contribution < 1.29 is 4.74 Å². The first-order chi connectivity index (χ1) is 17.8. The second-order valence-electron chi connectivity index (χ2n) is 9.89. The van der Waals surface area contributed by atoms with Crippen LogP contribution in [0.1, 0.15) is 43.9 Å². The Labute approximate surface area is 219 Å². The average molecular weight is 491 g/mol. The molecule has 1 aromatic heterocycles. The molecule has 0 radical (unpaired) electrons. The molecule has 5 heteroatoms. The Hall–Kier alpha value is -4.12. The summed E-state index contributed by atoms with van der Waals surface area (Å²) >= 11 is 0. The van der Waals surface area contributed by atoms with E-state index < -0.39 is 5.60 Å². The molecule has 5 nitrogen and oxygen atoms in total. The zero-order valence-electron chi connectivity index (χ0n) is 22.2. The summed E-state index contributed by atoms with van der Waals surface area (Å²) in [7, 11) is 0. The number of aromatic nitrogens is 3. The van der Waals surface area contributed by atoms with Crippen LogP contribution in [-0.2, 0) is 10.3 Å². The fourth-order valence-electron chi connectivity index (χ4n) is 5.15. The lowest BCUT2D eigenvalue weighted by atomic mass is 9.83. The Bertz CT molecular complexity index is 1450. The zero-order valence-corrected chi connectivity index (χ0v) is 22.2. The maximum Gasteiger partial charge on any atom is 0.135 e. The summed E-state index contributed by atoms with van der Waals surface area (Å²) in [6, 6.07) is 22.9. The predicted molar refractivity (Wildman–Crippen MR) is 153 cm³/mol. The van der Waals surface area contributed by atoms with Crippen LogP contribution in [0.25, 0.3) is 22.8 Å². The molecule has 1 atom stereocenters. The summed E-state index contributed by atoms with van der Waals surface area (Å²) < 4.78 is 6.49. The smallest absolute Gasteiger partial charge is 0.135 e. The number of fused-ring (bicyclic) bond motifs is 1. The van der Waals surface area contributed by atoms with Gasteiger partial charge < -0.3 is 9.64 Å². The first kappa shape index (κ1) is 24.6. The molecule has 3 aromatic carbocycles. The van der Waals surface area contributed by atoms with Gasteiger partial charge in [0.1, 0.15) is 22.4 Å². The normalized spacial score (nSPS) is 18.9. The van der Waals surface area contributed by atoms with E-state index in [1.165, 1.54) is 5.69 Å². The van der Waals surface area contributed by atoms with Crippen LogP contribution in [0.3, 0.4) is 0 Å². The molecule has 0 aliphatic carbocycles. The van der Waals surface area contributed by atoms with Gasteiger partial charge in [-0.05, 0) is 92.4 Å². The van der Waals surface area contributed by atoms with Gasteiger partial charge in [-0.2, -0.15) is 4.80 Å². The highest BCUT2D eigenvalue weighted by atomic mass is 16.5. The van der Waals surface area contributed by atoms with Gasteiger partial charge in [0.05, 0.1) is 5.69 Å². The van der Waals surface area contributed by atoms with Crippen molar-refractivity contribution in [2.75, 3.05) is 18.0 Å². The summed E-state index contributed by atoms with van der Waals surface area (Å²) in [5.74, 6) is 0.637. The third-order valence-electron chi connectivity index (χ3n) is 7.10. The summed E-state index contributed by atoms with van der Waals surface area (Å²) in [4.78, 5) is 4.03. The summed E-state index contributed by atoms with van der Waals surface area (Å²) in [5.41, 5.74) is 8.59. The molecule has 2 heterocycles. The maximum atomic E-state index is 6.49. The van der Waals surface area contributed by atoms with Crippen LogP contribution < -0.4 is 4.90 Å². The molecule has 1 unspecified atom stereocenters. The van der Waals surface area contributed by atoms with E-state index in [-0.39, 0.29) is 0 Å². The monoisotopic (exact) mass is 490 g/mol. The quantitative estimate of drug-likeness (QED) is 0.283. The van der Waals surface area contributed by atoms with Crippen LogP contribution in [0.2, 0.25) is 0 Å². The van der Waals surface area contributed by atoms with Crippen molar-refractivity contribution in [2.24, 2.45) is 0 Å². The molecule has 0 N–H and O–H groups in total. The molecule has 1 fully saturated rings. The third kappa shape index (κ3) is 4.82. The molecule has 188 valence electrons. The van der Waals surface area contributed by atoms with Gasteiger partial charge in [0.15, 0.2) is 0 Å². The largest absolute Gasteiger partial charge is 0.483 e. The van der Waals surface area contributed by atoms with E-state index in [9.17, 15) is 0 Å². The Morgan fingerprint density at radius 2 is 1.62 bits per heavy atom. The molecule has 0 spiro atoms. The molecule has 0 amide bonds. The molecule has 0 bridgehead atoms. The van der Waals surface area contributed by atoms with E-state index in [0.29, 0.717) is 12.2 Å². The van der Waals surface area contributed by atoms with Gasteiger partial charge in [-0.15, -0.1) is 10.2 Å². The van der Waals surface area contributed by atoms with Crippen molar-refractivity contribution in [3.05, 3.63) is 113 Å². The average Bonchev–Trinajstić information content (AvgIpc) is 3.32. The lowest BCUT2D eigenvalue weighted by Crippen LogP contribution is -2.31. The van der Waals surface area contributed by atoms with Crippen LogP contribution in [0.4, 0.5) is 5.69 Å². The molecule has 5 rings (SSSR count). The standard InChI is InChI=1S/C32H34N4O/c1-7-35(8-2)27-15-13-26(14-16-27)32(6)21-23(4)29(24(5)37-32)20-25-17-22(3)18-28(19-25)36-33-30-11-9-10-12-31(30)34-36/h9-20H,4-5,7-8,21H2,1-3,6H3/b29-20+. The van der Waals surface area contributed by atoms with Gasteiger partial charge in [-0.25, -0.2) is 0 Å². The van der Waals surface area contributed by atoms with E-state index in [4.69, 9.17) is 4.74 Å². The minimum absolute atomic E-state index is 0.510. The zero-order chi connectivity index (χ0) is 26.2. The van der Waals surface area contributed by atoms with Crippen LogP contribution >= 0.6 is 0 Å². The van der Waals surface area contributed by atoms with Crippen molar-refractivity contribution in [3.8, 4) is 5.69 Å². The maximum absolute atomic E-state index is 6.49. The predicted octanol–water partition coefficient (Wildman–Crippen LogP) is 7.36. The van der Waals surface area contributed by atoms with Gasteiger partial charge >= 0.3 is 0 Å². The lowest BCUT2D eigenvalue weighted by molar-refractivity contribution is 0.00993. The van der Waals surface area contributed by atoms with Gasteiger partial charge in [0.2, 0.25) is 0 Å². The fourth-order valence-corrected chi connectivity index (χ4v) is 5.15. The Morgan fingerprint density at radius 3 is 2.22 bits per heavy atom. The van der Waals surface area contributed by atoms with E-state index in [2.05, 4.69) is 104 Å². The number of benzene rings is 3. The highest BCUT2D eigenvalue weighted by molar-refractivity contribution is 5.74. The highest BCUT2D eigenvalue weighted by Gasteiger charge is 2.36. The SMILES string of the molecule is C=C1CC(C)(c2ccc(N(CC)CC)cc2)OC(=C)/C1=C/c1cc(C)cc(-n2nc3ccccc3n2)c1. The van der Waals surface area contributed by atoms with Crippen molar-refractivity contribution in [2.45, 2.75) is 39.7 Å². The van der Waals surface area contributed by atoms with Crippen molar-refractivity contribution >= 4 is 22.8 Å². The van der Waals surface area contributed by atoms with E-state index in [1.54, 1.807) is 4.80 Å². The lowest BCUT2D eigenvalue weighted by Gasteiger charge is -2.39. The first-order valence-corrected chi connectivity index (χ1v) is 12.9. The summed E-state index contributed by atoms with van der Waals surface area (Å²) in [6.07, 6.45) is 2.79. The van der Waals surface area contributed by atoms with E-state index >= 15 is 0 Å². The van der Waals surface area contributed by atoms with Gasteiger partial charge in [0, 0.05) is 30.8 Å². The topological polar surface area (TPSA) is 43.2 Å². The van der Waals surface area contributed by atoms with Crippen LogP contribution in [0.5, 0.6) is 0 Å². The number of allylic oxidation sites excluding steroid dienone is 1. The minimum Gasteiger partial charge on any atom is -0.483 e. The first-order valence-electron chi connectivity index (χ1n) is 12.9. The second-order valence-corrected chi connectivity index (χ2v) is 9.89. The van der Waals surface area contributed by atoms with Crippen LogP contribution in [0, 0.1) is 6.92 Å². The van der Waals surface area contributed by atoms with Crippen molar-refractivity contribution in [3.63, 3.8) is 0 Å². The summed E-state index contributed by atoms with van der Waals surface area (Å²) in [5, 5.41) is 9.29. The number of hydrogen-bond donors (Lipinski definition) is 0. The molecule has 1 saturated heterocycles. The Morgan fingerprint density at radius 1 is 0.973 bits per heavy atom. The fraction of sp³-hybridized carbons (Fsp3) is 0.250. The van der Waals surface area contributed by atoms with E-state index in [1.807, 2.05) is 24.3 Å². The molecular weight excluding hydrogens is 456 g/mol. The number of hydrogen-bond acceptors (Lipinski definition) is 4. The second kappa shape index (κ2) is 9.74. The van der Waals surface area contributed by atoms with Crippen LogP contribution in [-0.4, -0.2) is 28.1 Å². The van der Waals surface area contributed by atoms with E-state index in [0.717, 1.165) is 57.6 Å².